The van der Waals surface area contributed by atoms with Crippen LogP contribution in [0.5, 0.6) is 0 Å². The summed E-state index contributed by atoms with van der Waals surface area (Å²) in [5, 5.41) is 0. The highest BCUT2D eigenvalue weighted by Gasteiger charge is 2.04. The average Bonchev–Trinajstić information content (AvgIpc) is 2.60. The number of hydrogen-bond acceptors (Lipinski definition) is 3. The van der Waals surface area contributed by atoms with Crippen molar-refractivity contribution in [1.29, 1.82) is 0 Å². The highest BCUT2D eigenvalue weighted by molar-refractivity contribution is 7.71. The first-order valence-corrected chi connectivity index (χ1v) is 4.81. The largest absolute Gasteiger partial charge is 0.341 e. The molecular formula is C8H10N4OS. The molecule has 0 atom stereocenters. The van der Waals surface area contributed by atoms with E-state index in [0.29, 0.717) is 22.3 Å². The maximum Gasteiger partial charge on any atom is 0.328 e. The number of aromatic nitrogens is 4. The molecule has 0 fully saturated rings. The quantitative estimate of drug-likeness (QED) is 0.732. The minimum absolute atomic E-state index is 0.198. The van der Waals surface area contributed by atoms with E-state index in [0.717, 1.165) is 6.42 Å². The fourth-order valence-corrected chi connectivity index (χ4v) is 1.70. The molecule has 2 heterocycles. The Morgan fingerprint density at radius 3 is 3.14 bits per heavy atom. The van der Waals surface area contributed by atoms with E-state index in [9.17, 15) is 4.79 Å². The van der Waals surface area contributed by atoms with Gasteiger partial charge in [0, 0.05) is 6.54 Å². The second-order valence-corrected chi connectivity index (χ2v) is 3.40. The van der Waals surface area contributed by atoms with Crippen molar-refractivity contribution in [3.63, 3.8) is 0 Å². The third kappa shape index (κ3) is 1.27. The summed E-state index contributed by atoms with van der Waals surface area (Å²) in [4.78, 5) is 21.0. The molecule has 0 saturated heterocycles. The SMILES string of the molecule is CCCn1c(=O)[nH]c2nc[nH]c2c1=S. The molecule has 0 unspecified atom stereocenters. The van der Waals surface area contributed by atoms with Crippen molar-refractivity contribution in [2.45, 2.75) is 19.9 Å². The highest BCUT2D eigenvalue weighted by atomic mass is 32.1. The zero-order valence-corrected chi connectivity index (χ0v) is 8.52. The van der Waals surface area contributed by atoms with Gasteiger partial charge in [-0.3, -0.25) is 9.55 Å². The number of nitrogens with zero attached hydrogens (tertiary/aromatic N) is 2. The van der Waals surface area contributed by atoms with Gasteiger partial charge in [-0.15, -0.1) is 0 Å². The van der Waals surface area contributed by atoms with E-state index >= 15 is 0 Å². The van der Waals surface area contributed by atoms with Gasteiger partial charge in [0.15, 0.2) is 5.65 Å². The Morgan fingerprint density at radius 2 is 2.43 bits per heavy atom. The minimum Gasteiger partial charge on any atom is -0.341 e. The Hall–Kier alpha value is -1.43. The molecule has 2 rings (SSSR count). The maximum absolute atomic E-state index is 11.5. The Balaban J connectivity index is 2.83. The molecule has 0 aliphatic carbocycles. The molecule has 0 aliphatic heterocycles. The second-order valence-electron chi connectivity index (χ2n) is 3.01. The lowest BCUT2D eigenvalue weighted by molar-refractivity contribution is 0.634. The van der Waals surface area contributed by atoms with E-state index < -0.39 is 0 Å². The number of H-pyrrole nitrogens is 2. The lowest BCUT2D eigenvalue weighted by Crippen LogP contribution is -2.23. The van der Waals surface area contributed by atoms with Gasteiger partial charge in [-0.1, -0.05) is 19.1 Å². The summed E-state index contributed by atoms with van der Waals surface area (Å²) < 4.78 is 2.05. The summed E-state index contributed by atoms with van der Waals surface area (Å²) >= 11 is 5.17. The van der Waals surface area contributed by atoms with E-state index in [1.807, 2.05) is 6.92 Å². The molecule has 0 saturated carbocycles. The van der Waals surface area contributed by atoms with Gasteiger partial charge in [0.25, 0.3) is 0 Å². The number of rotatable bonds is 2. The molecule has 0 radical (unpaired) electrons. The number of fused-ring (bicyclic) bond motifs is 1. The van der Waals surface area contributed by atoms with Crippen LogP contribution < -0.4 is 5.69 Å². The normalized spacial score (nSPS) is 10.9. The zero-order valence-electron chi connectivity index (χ0n) is 7.70. The van der Waals surface area contributed by atoms with Gasteiger partial charge in [-0.25, -0.2) is 9.78 Å². The second kappa shape index (κ2) is 3.38. The Kier molecular flexibility index (Phi) is 2.20. The van der Waals surface area contributed by atoms with Crippen LogP contribution in [0, 0.1) is 4.64 Å². The first-order chi connectivity index (χ1) is 6.74. The molecule has 0 aliphatic rings. The fourth-order valence-electron chi connectivity index (χ4n) is 1.37. The maximum atomic E-state index is 11.5. The summed E-state index contributed by atoms with van der Waals surface area (Å²) in [6.07, 6.45) is 2.39. The monoisotopic (exact) mass is 210 g/mol. The Bertz CT molecular complexity index is 564. The van der Waals surface area contributed by atoms with Crippen molar-refractivity contribution < 1.29 is 0 Å². The minimum atomic E-state index is -0.198. The van der Waals surface area contributed by atoms with Crippen LogP contribution in [-0.4, -0.2) is 19.5 Å². The predicted molar refractivity (Wildman–Crippen MR) is 55.8 cm³/mol. The van der Waals surface area contributed by atoms with Crippen LogP contribution in [0.25, 0.3) is 11.2 Å². The Morgan fingerprint density at radius 1 is 1.64 bits per heavy atom. The average molecular weight is 210 g/mol. The van der Waals surface area contributed by atoms with Crippen molar-refractivity contribution in [2.24, 2.45) is 0 Å². The van der Waals surface area contributed by atoms with Gasteiger partial charge in [0.05, 0.1) is 6.33 Å². The van der Waals surface area contributed by atoms with Crippen LogP contribution in [0.1, 0.15) is 13.3 Å². The number of hydrogen-bond donors (Lipinski definition) is 2. The Labute approximate surface area is 84.8 Å². The number of aromatic amines is 2. The molecule has 0 amide bonds. The van der Waals surface area contributed by atoms with Crippen LogP contribution in [0.3, 0.4) is 0 Å². The molecule has 6 heteroatoms. The van der Waals surface area contributed by atoms with Crippen molar-refractivity contribution in [1.82, 2.24) is 19.5 Å². The van der Waals surface area contributed by atoms with Crippen LogP contribution in [0.4, 0.5) is 0 Å². The highest BCUT2D eigenvalue weighted by Crippen LogP contribution is 2.05. The van der Waals surface area contributed by atoms with Crippen LogP contribution in [0.2, 0.25) is 0 Å². The molecule has 0 spiro atoms. The standard InChI is InChI=1S/C8H10N4OS/c1-2-3-12-7(14)5-6(10-4-9-5)11-8(12)13/h4H,2-3H2,1H3,(H,9,10)(H,11,13). The van der Waals surface area contributed by atoms with E-state index in [1.165, 1.54) is 10.9 Å². The molecule has 74 valence electrons. The third-order valence-electron chi connectivity index (χ3n) is 2.02. The summed E-state index contributed by atoms with van der Waals surface area (Å²) in [6, 6.07) is 0. The molecule has 2 aromatic heterocycles. The summed E-state index contributed by atoms with van der Waals surface area (Å²) in [5.74, 6) is 0. The summed E-state index contributed by atoms with van der Waals surface area (Å²) in [6.45, 7) is 2.63. The molecule has 2 N–H and O–H groups in total. The first kappa shape index (κ1) is 9.14. The van der Waals surface area contributed by atoms with Crippen LogP contribution in [0.15, 0.2) is 11.1 Å². The predicted octanol–water partition coefficient (Wildman–Crippen LogP) is 1.19. The van der Waals surface area contributed by atoms with Crippen molar-refractivity contribution in [3.8, 4) is 0 Å². The van der Waals surface area contributed by atoms with E-state index in [1.54, 1.807) is 0 Å². The number of nitrogens with one attached hydrogen (secondary N) is 2. The van der Waals surface area contributed by atoms with Crippen molar-refractivity contribution in [2.75, 3.05) is 0 Å². The molecule has 2 aromatic rings. The zero-order chi connectivity index (χ0) is 10.1. The van der Waals surface area contributed by atoms with Crippen molar-refractivity contribution in [3.05, 3.63) is 21.5 Å². The van der Waals surface area contributed by atoms with E-state index in [2.05, 4.69) is 15.0 Å². The third-order valence-corrected chi connectivity index (χ3v) is 2.44. The van der Waals surface area contributed by atoms with E-state index in [4.69, 9.17) is 12.2 Å². The lowest BCUT2D eigenvalue weighted by atomic mass is 10.4. The van der Waals surface area contributed by atoms with Crippen molar-refractivity contribution >= 4 is 23.4 Å². The van der Waals surface area contributed by atoms with Crippen LogP contribution in [-0.2, 0) is 6.54 Å². The van der Waals surface area contributed by atoms with Crippen LogP contribution >= 0.6 is 12.2 Å². The molecule has 14 heavy (non-hydrogen) atoms. The number of imidazole rings is 1. The lowest BCUT2D eigenvalue weighted by Gasteiger charge is -2.02. The fraction of sp³-hybridized carbons (Fsp3) is 0.375. The topological polar surface area (TPSA) is 66.5 Å². The first-order valence-electron chi connectivity index (χ1n) is 4.40. The molecule has 0 bridgehead atoms. The van der Waals surface area contributed by atoms with Gasteiger partial charge in [-0.2, -0.15) is 0 Å². The summed E-state index contributed by atoms with van der Waals surface area (Å²) in [7, 11) is 0. The van der Waals surface area contributed by atoms with Gasteiger partial charge in [0.1, 0.15) is 10.2 Å². The molecule has 5 nitrogen and oxygen atoms in total. The smallest absolute Gasteiger partial charge is 0.328 e. The van der Waals surface area contributed by atoms with Gasteiger partial charge < -0.3 is 4.98 Å². The van der Waals surface area contributed by atoms with Gasteiger partial charge >= 0.3 is 5.69 Å². The van der Waals surface area contributed by atoms with Gasteiger partial charge in [0.2, 0.25) is 0 Å². The molecular weight excluding hydrogens is 200 g/mol. The van der Waals surface area contributed by atoms with E-state index in [-0.39, 0.29) is 5.69 Å². The molecule has 0 aromatic carbocycles. The summed E-state index contributed by atoms with van der Waals surface area (Å²) in [5.41, 5.74) is 1.04. The van der Waals surface area contributed by atoms with Gasteiger partial charge in [-0.05, 0) is 6.42 Å².